The Balaban J connectivity index is 1.53. The fourth-order valence-electron chi connectivity index (χ4n) is 4.60. The zero-order valence-corrected chi connectivity index (χ0v) is 25.0. The first-order valence-corrected chi connectivity index (χ1v) is 13.6. The van der Waals surface area contributed by atoms with Crippen molar-refractivity contribution in [2.45, 2.75) is 45.6 Å². The summed E-state index contributed by atoms with van der Waals surface area (Å²) in [6.45, 7) is 9.48. The van der Waals surface area contributed by atoms with Crippen LogP contribution in [0.3, 0.4) is 0 Å². The summed E-state index contributed by atoms with van der Waals surface area (Å²) in [6.07, 6.45) is 0. The average molecular weight is 569 g/mol. The minimum Gasteiger partial charge on any atom is -0.497 e. The number of carbonyl (C=O) groups is 2. The second-order valence-electron chi connectivity index (χ2n) is 10.9. The number of hydrogen-bond donors (Lipinski definition) is 0. The zero-order valence-electron chi connectivity index (χ0n) is 25.0. The summed E-state index contributed by atoms with van der Waals surface area (Å²) < 4.78 is 27.9. The number of esters is 2. The van der Waals surface area contributed by atoms with Gasteiger partial charge in [-0.3, -0.25) is 4.79 Å². The van der Waals surface area contributed by atoms with Crippen molar-refractivity contribution >= 4 is 11.9 Å². The van der Waals surface area contributed by atoms with Crippen LogP contribution >= 0.6 is 0 Å². The molecular formula is C35H36O7. The van der Waals surface area contributed by atoms with Gasteiger partial charge in [-0.25, -0.2) is 4.79 Å². The molecule has 218 valence electrons. The summed E-state index contributed by atoms with van der Waals surface area (Å²) in [5.74, 6) is 1.97. The topological polar surface area (TPSA) is 80.3 Å². The molecule has 0 atom stereocenters. The largest absolute Gasteiger partial charge is 0.497 e. The second-order valence-corrected chi connectivity index (χ2v) is 10.9. The van der Waals surface area contributed by atoms with Gasteiger partial charge in [0.2, 0.25) is 0 Å². The lowest BCUT2D eigenvalue weighted by atomic mass is 9.77. The van der Waals surface area contributed by atoms with Gasteiger partial charge in [0, 0.05) is 12.3 Å². The predicted octanol–water partition coefficient (Wildman–Crippen LogP) is 7.84. The number of ether oxygens (including phenoxy) is 5. The van der Waals surface area contributed by atoms with Gasteiger partial charge >= 0.3 is 11.9 Å². The highest BCUT2D eigenvalue weighted by atomic mass is 16.5. The number of carbonyl (C=O) groups excluding carboxylic acids is 2. The van der Waals surface area contributed by atoms with Crippen LogP contribution in [0.4, 0.5) is 0 Å². The average Bonchev–Trinajstić information content (AvgIpc) is 2.97. The first-order valence-electron chi connectivity index (χ1n) is 13.6. The summed E-state index contributed by atoms with van der Waals surface area (Å²) in [6, 6.07) is 27.9. The third-order valence-electron chi connectivity index (χ3n) is 7.15. The van der Waals surface area contributed by atoms with Crippen LogP contribution in [-0.4, -0.2) is 26.2 Å². The Labute approximate surface area is 247 Å². The first-order chi connectivity index (χ1) is 19.9. The van der Waals surface area contributed by atoms with Gasteiger partial charge in [-0.1, -0.05) is 44.2 Å². The van der Waals surface area contributed by atoms with E-state index < -0.39 is 11.6 Å². The van der Waals surface area contributed by atoms with Gasteiger partial charge < -0.3 is 23.7 Å². The summed E-state index contributed by atoms with van der Waals surface area (Å²) in [5.41, 5.74) is 2.23. The van der Waals surface area contributed by atoms with E-state index in [1.807, 2.05) is 74.5 Å². The van der Waals surface area contributed by atoms with E-state index in [0.717, 1.165) is 22.4 Å². The van der Waals surface area contributed by atoms with Gasteiger partial charge in [0.1, 0.15) is 39.9 Å². The lowest BCUT2D eigenvalue weighted by Gasteiger charge is -2.28. The van der Waals surface area contributed by atoms with Gasteiger partial charge in [-0.15, -0.1) is 0 Å². The number of methoxy groups -OCH3 is 2. The maximum Gasteiger partial charge on any atom is 0.341 e. The lowest BCUT2D eigenvalue weighted by molar-refractivity contribution is -0.131. The third kappa shape index (κ3) is 6.92. The van der Waals surface area contributed by atoms with Crippen molar-refractivity contribution in [3.8, 4) is 28.7 Å². The Bertz CT molecular complexity index is 1530. The molecule has 7 heteroatoms. The summed E-state index contributed by atoms with van der Waals surface area (Å²) in [7, 11) is 2.99. The molecule has 0 aromatic heterocycles. The van der Waals surface area contributed by atoms with Crippen LogP contribution in [0, 0.1) is 0 Å². The summed E-state index contributed by atoms with van der Waals surface area (Å²) >= 11 is 0. The van der Waals surface area contributed by atoms with E-state index in [1.54, 1.807) is 37.4 Å². The molecule has 0 saturated carbocycles. The van der Waals surface area contributed by atoms with Crippen molar-refractivity contribution < 1.29 is 33.3 Å². The van der Waals surface area contributed by atoms with Gasteiger partial charge in [0.05, 0.1) is 14.2 Å². The van der Waals surface area contributed by atoms with Crippen molar-refractivity contribution in [2.75, 3.05) is 14.2 Å². The number of rotatable bonds is 10. The molecule has 7 nitrogen and oxygen atoms in total. The highest BCUT2D eigenvalue weighted by Gasteiger charge is 2.27. The molecule has 0 N–H and O–H groups in total. The Kier molecular flexibility index (Phi) is 8.90. The van der Waals surface area contributed by atoms with Crippen molar-refractivity contribution in [3.63, 3.8) is 0 Å². The molecular weight excluding hydrogens is 532 g/mol. The van der Waals surface area contributed by atoms with Crippen LogP contribution in [0.1, 0.15) is 61.7 Å². The predicted molar refractivity (Wildman–Crippen MR) is 161 cm³/mol. The fraction of sp³-hybridized carbons (Fsp3) is 0.257. The molecule has 0 aliphatic rings. The minimum absolute atomic E-state index is 0.335. The molecule has 0 saturated heterocycles. The normalized spacial score (nSPS) is 11.4. The van der Waals surface area contributed by atoms with E-state index >= 15 is 0 Å². The standard InChI is InChI=1S/C35H36O7/c1-23(36)40-28-17-19-30(20-18-28)42-35(4,5)25-10-15-29(16-11-25)41-32-21-12-26(22-31(32)33(37)39-7)34(2,3)24-8-13-27(38-6)14-9-24/h8-22H,1-7H3. The Morgan fingerprint density at radius 1 is 0.619 bits per heavy atom. The maximum atomic E-state index is 12.8. The highest BCUT2D eigenvalue weighted by Crippen LogP contribution is 2.37. The van der Waals surface area contributed by atoms with Crippen molar-refractivity contribution in [3.05, 3.63) is 113 Å². The molecule has 4 aromatic carbocycles. The molecule has 0 radical (unpaired) electrons. The zero-order chi connectivity index (χ0) is 30.5. The van der Waals surface area contributed by atoms with E-state index in [2.05, 4.69) is 13.8 Å². The third-order valence-corrected chi connectivity index (χ3v) is 7.15. The monoisotopic (exact) mass is 568 g/mol. The molecule has 0 aliphatic carbocycles. The Morgan fingerprint density at radius 2 is 1.14 bits per heavy atom. The number of hydrogen-bond acceptors (Lipinski definition) is 7. The fourth-order valence-corrected chi connectivity index (χ4v) is 4.60. The van der Waals surface area contributed by atoms with E-state index in [-0.39, 0.29) is 11.4 Å². The summed E-state index contributed by atoms with van der Waals surface area (Å²) in [5, 5.41) is 0. The van der Waals surface area contributed by atoms with Gasteiger partial charge in [-0.05, 0) is 91.2 Å². The van der Waals surface area contributed by atoms with Crippen LogP contribution in [0.15, 0.2) is 91.0 Å². The van der Waals surface area contributed by atoms with Gasteiger partial charge in [0.15, 0.2) is 0 Å². The number of benzene rings is 4. The van der Waals surface area contributed by atoms with Crippen LogP contribution in [0.5, 0.6) is 28.7 Å². The van der Waals surface area contributed by atoms with E-state index in [0.29, 0.717) is 28.6 Å². The molecule has 0 spiro atoms. The molecule has 0 unspecified atom stereocenters. The quantitative estimate of drug-likeness (QED) is 0.142. The van der Waals surface area contributed by atoms with Crippen LogP contribution in [-0.2, 0) is 20.5 Å². The van der Waals surface area contributed by atoms with Gasteiger partial charge in [-0.2, -0.15) is 0 Å². The van der Waals surface area contributed by atoms with Crippen molar-refractivity contribution in [2.24, 2.45) is 0 Å². The van der Waals surface area contributed by atoms with Crippen LogP contribution in [0.2, 0.25) is 0 Å². The molecule has 0 heterocycles. The second kappa shape index (κ2) is 12.4. The van der Waals surface area contributed by atoms with Crippen LogP contribution in [0.25, 0.3) is 0 Å². The molecule has 0 bridgehead atoms. The van der Waals surface area contributed by atoms with E-state index in [4.69, 9.17) is 23.7 Å². The molecule has 42 heavy (non-hydrogen) atoms. The molecule has 0 fully saturated rings. The minimum atomic E-state index is -0.659. The van der Waals surface area contributed by atoms with Crippen LogP contribution < -0.4 is 18.9 Å². The van der Waals surface area contributed by atoms with E-state index in [1.165, 1.54) is 14.0 Å². The molecule has 4 rings (SSSR count). The Morgan fingerprint density at radius 3 is 1.71 bits per heavy atom. The summed E-state index contributed by atoms with van der Waals surface area (Å²) in [4.78, 5) is 24.0. The molecule has 0 aliphatic heterocycles. The van der Waals surface area contributed by atoms with Crippen molar-refractivity contribution in [1.82, 2.24) is 0 Å². The smallest absolute Gasteiger partial charge is 0.341 e. The lowest BCUT2D eigenvalue weighted by Crippen LogP contribution is -2.25. The van der Waals surface area contributed by atoms with E-state index in [9.17, 15) is 9.59 Å². The SMILES string of the molecule is COC(=O)c1cc(C(C)(C)c2ccc(OC)cc2)ccc1Oc1ccc(C(C)(C)Oc2ccc(OC(C)=O)cc2)cc1. The maximum absolute atomic E-state index is 12.8. The first kappa shape index (κ1) is 30.2. The Hall–Kier alpha value is -4.78. The highest BCUT2D eigenvalue weighted by molar-refractivity contribution is 5.93. The van der Waals surface area contributed by atoms with Crippen molar-refractivity contribution in [1.29, 1.82) is 0 Å². The molecule has 0 amide bonds. The van der Waals surface area contributed by atoms with Gasteiger partial charge in [0.25, 0.3) is 0 Å². The molecule has 4 aromatic rings.